The number of rotatable bonds is 5. The second kappa shape index (κ2) is 8.49. The summed E-state index contributed by atoms with van der Waals surface area (Å²) in [5.74, 6) is 1.86. The molecular formula is C19H24BrN5O. The van der Waals surface area contributed by atoms with Crippen LogP contribution in [-0.2, 0) is 0 Å². The van der Waals surface area contributed by atoms with E-state index in [1.807, 2.05) is 41.3 Å². The maximum absolute atomic E-state index is 12.6. The molecule has 1 aliphatic heterocycles. The third kappa shape index (κ3) is 4.15. The monoisotopic (exact) mass is 417 g/mol. The largest absolute Gasteiger partial charge is 0.356 e. The Morgan fingerprint density at radius 1 is 1.00 bits per heavy atom. The van der Waals surface area contributed by atoms with Crippen molar-refractivity contribution in [3.8, 4) is 0 Å². The molecule has 0 spiro atoms. The molecule has 7 heteroatoms. The molecule has 1 aromatic heterocycles. The third-order valence-corrected chi connectivity index (χ3v) is 5.23. The molecule has 138 valence electrons. The smallest absolute Gasteiger partial charge is 0.253 e. The van der Waals surface area contributed by atoms with E-state index < -0.39 is 0 Å². The van der Waals surface area contributed by atoms with Gasteiger partial charge in [0.05, 0.1) is 0 Å². The van der Waals surface area contributed by atoms with E-state index >= 15 is 0 Å². The molecule has 26 heavy (non-hydrogen) atoms. The number of piperazine rings is 1. The summed E-state index contributed by atoms with van der Waals surface area (Å²) in [5.41, 5.74) is 0.727. The molecule has 1 aliphatic rings. The minimum atomic E-state index is 0.0834. The Morgan fingerprint density at radius 2 is 1.65 bits per heavy atom. The molecule has 0 aliphatic carbocycles. The summed E-state index contributed by atoms with van der Waals surface area (Å²) in [7, 11) is 0. The molecule has 1 saturated heterocycles. The van der Waals surface area contributed by atoms with E-state index in [-0.39, 0.29) is 5.91 Å². The molecule has 0 N–H and O–H groups in total. The number of benzene rings is 1. The molecule has 0 bridgehead atoms. The van der Waals surface area contributed by atoms with E-state index in [1.54, 1.807) is 0 Å². The van der Waals surface area contributed by atoms with Gasteiger partial charge < -0.3 is 14.7 Å². The van der Waals surface area contributed by atoms with Crippen LogP contribution in [0.15, 0.2) is 40.9 Å². The highest BCUT2D eigenvalue weighted by Crippen LogP contribution is 2.18. The first kappa shape index (κ1) is 18.6. The van der Waals surface area contributed by atoms with Crippen LogP contribution in [0.3, 0.4) is 0 Å². The lowest BCUT2D eigenvalue weighted by Gasteiger charge is -2.35. The van der Waals surface area contributed by atoms with Crippen LogP contribution in [0.2, 0.25) is 0 Å². The van der Waals surface area contributed by atoms with Gasteiger partial charge in [-0.05, 0) is 50.2 Å². The van der Waals surface area contributed by atoms with Crippen molar-refractivity contribution in [3.05, 3.63) is 46.4 Å². The Labute approximate surface area is 162 Å². The molecule has 0 unspecified atom stereocenters. The summed E-state index contributed by atoms with van der Waals surface area (Å²) in [6.45, 7) is 8.97. The normalized spacial score (nSPS) is 14.4. The molecule has 1 fully saturated rings. The Hall–Kier alpha value is -2.15. The molecule has 2 heterocycles. The van der Waals surface area contributed by atoms with Gasteiger partial charge in [0.15, 0.2) is 11.6 Å². The van der Waals surface area contributed by atoms with Crippen LogP contribution >= 0.6 is 15.9 Å². The molecule has 6 nitrogen and oxygen atoms in total. The summed E-state index contributed by atoms with van der Waals surface area (Å²) >= 11 is 3.40. The van der Waals surface area contributed by atoms with E-state index in [0.717, 1.165) is 47.9 Å². The van der Waals surface area contributed by atoms with Crippen molar-refractivity contribution < 1.29 is 4.79 Å². The molecule has 1 amide bonds. The number of halogens is 1. The van der Waals surface area contributed by atoms with Gasteiger partial charge in [-0.1, -0.05) is 15.9 Å². The Kier molecular flexibility index (Phi) is 6.08. The van der Waals surface area contributed by atoms with Gasteiger partial charge >= 0.3 is 0 Å². The van der Waals surface area contributed by atoms with Crippen molar-refractivity contribution in [1.29, 1.82) is 0 Å². The van der Waals surface area contributed by atoms with Gasteiger partial charge in [0, 0.05) is 49.3 Å². The van der Waals surface area contributed by atoms with Crippen LogP contribution in [0.25, 0.3) is 0 Å². The minimum absolute atomic E-state index is 0.0834. The molecule has 0 atom stereocenters. The number of hydrogen-bond acceptors (Lipinski definition) is 5. The highest BCUT2D eigenvalue weighted by atomic mass is 79.9. The lowest BCUT2D eigenvalue weighted by atomic mass is 10.2. The van der Waals surface area contributed by atoms with Crippen LogP contribution in [0.4, 0.5) is 11.6 Å². The number of carbonyl (C=O) groups is 1. The minimum Gasteiger partial charge on any atom is -0.356 e. The lowest BCUT2D eigenvalue weighted by Crippen LogP contribution is -2.49. The fourth-order valence-corrected chi connectivity index (χ4v) is 3.38. The highest BCUT2D eigenvalue weighted by molar-refractivity contribution is 9.10. The highest BCUT2D eigenvalue weighted by Gasteiger charge is 2.23. The van der Waals surface area contributed by atoms with Crippen molar-refractivity contribution in [2.24, 2.45) is 0 Å². The van der Waals surface area contributed by atoms with Crippen LogP contribution < -0.4 is 9.80 Å². The molecule has 0 saturated carbocycles. The zero-order valence-corrected chi connectivity index (χ0v) is 16.8. The Bertz CT molecular complexity index is 723. The Balaban J connectivity index is 1.59. The molecule has 0 radical (unpaired) electrons. The first-order valence-electron chi connectivity index (χ1n) is 9.00. The summed E-state index contributed by atoms with van der Waals surface area (Å²) in [6, 6.07) is 11.6. The van der Waals surface area contributed by atoms with E-state index in [9.17, 15) is 4.79 Å². The third-order valence-electron chi connectivity index (χ3n) is 4.71. The van der Waals surface area contributed by atoms with E-state index in [1.165, 1.54) is 0 Å². The van der Waals surface area contributed by atoms with Crippen molar-refractivity contribution in [2.75, 3.05) is 49.1 Å². The van der Waals surface area contributed by atoms with Gasteiger partial charge in [-0.15, -0.1) is 10.2 Å². The van der Waals surface area contributed by atoms with Crippen molar-refractivity contribution >= 4 is 33.5 Å². The zero-order valence-electron chi connectivity index (χ0n) is 15.2. The number of carbonyl (C=O) groups excluding carboxylic acids is 1. The van der Waals surface area contributed by atoms with Crippen molar-refractivity contribution in [3.63, 3.8) is 0 Å². The molecule has 1 aromatic carbocycles. The second-order valence-corrected chi connectivity index (χ2v) is 7.12. The van der Waals surface area contributed by atoms with E-state index in [2.05, 4.69) is 49.8 Å². The average Bonchev–Trinajstić information content (AvgIpc) is 2.70. The maximum atomic E-state index is 12.6. The quantitative estimate of drug-likeness (QED) is 0.747. The number of hydrogen-bond donors (Lipinski definition) is 0. The topological polar surface area (TPSA) is 52.6 Å². The SMILES string of the molecule is CCN(CC)c1ccc(N2CCN(C(=O)c3ccc(Br)cc3)CC2)nn1. The second-order valence-electron chi connectivity index (χ2n) is 6.21. The van der Waals surface area contributed by atoms with Crippen LogP contribution in [-0.4, -0.2) is 60.3 Å². The average molecular weight is 418 g/mol. The van der Waals surface area contributed by atoms with Crippen LogP contribution in [0.5, 0.6) is 0 Å². The van der Waals surface area contributed by atoms with Gasteiger partial charge in [-0.2, -0.15) is 0 Å². The van der Waals surface area contributed by atoms with Gasteiger partial charge in [0.1, 0.15) is 0 Å². The predicted molar refractivity (Wildman–Crippen MR) is 108 cm³/mol. The van der Waals surface area contributed by atoms with Gasteiger partial charge in [-0.3, -0.25) is 4.79 Å². The van der Waals surface area contributed by atoms with Gasteiger partial charge in [-0.25, -0.2) is 0 Å². The van der Waals surface area contributed by atoms with Gasteiger partial charge in [0.2, 0.25) is 0 Å². The van der Waals surface area contributed by atoms with Crippen molar-refractivity contribution in [2.45, 2.75) is 13.8 Å². The van der Waals surface area contributed by atoms with Crippen molar-refractivity contribution in [1.82, 2.24) is 15.1 Å². The summed E-state index contributed by atoms with van der Waals surface area (Å²) in [4.78, 5) is 18.9. The summed E-state index contributed by atoms with van der Waals surface area (Å²) < 4.78 is 0.977. The number of amides is 1. The maximum Gasteiger partial charge on any atom is 0.253 e. The number of anilines is 2. The predicted octanol–water partition coefficient (Wildman–Crippen LogP) is 3.05. The summed E-state index contributed by atoms with van der Waals surface area (Å²) in [6.07, 6.45) is 0. The Morgan fingerprint density at radius 3 is 2.19 bits per heavy atom. The fraction of sp³-hybridized carbons (Fsp3) is 0.421. The van der Waals surface area contributed by atoms with Crippen LogP contribution in [0.1, 0.15) is 24.2 Å². The summed E-state index contributed by atoms with van der Waals surface area (Å²) in [5, 5.41) is 8.74. The first-order valence-corrected chi connectivity index (χ1v) is 9.80. The molecule has 3 rings (SSSR count). The number of nitrogens with zero attached hydrogens (tertiary/aromatic N) is 5. The fourth-order valence-electron chi connectivity index (χ4n) is 3.12. The van der Waals surface area contributed by atoms with Crippen LogP contribution in [0, 0.1) is 0 Å². The molecular weight excluding hydrogens is 394 g/mol. The van der Waals surface area contributed by atoms with E-state index in [0.29, 0.717) is 13.1 Å². The molecule has 2 aromatic rings. The number of aromatic nitrogens is 2. The van der Waals surface area contributed by atoms with Gasteiger partial charge in [0.25, 0.3) is 5.91 Å². The van der Waals surface area contributed by atoms with E-state index in [4.69, 9.17) is 0 Å². The standard InChI is InChI=1S/C19H24BrN5O/c1-3-23(4-2)17-9-10-18(22-21-17)24-11-13-25(14-12-24)19(26)15-5-7-16(20)8-6-15/h5-10H,3-4,11-14H2,1-2H3. The zero-order chi connectivity index (χ0) is 18.5. The lowest BCUT2D eigenvalue weighted by molar-refractivity contribution is 0.0746. The first-order chi connectivity index (χ1) is 12.6.